The number of carbonyl (C=O) groups excluding carboxylic acids is 3. The molecule has 0 fully saturated rings. The van der Waals surface area contributed by atoms with E-state index in [1.54, 1.807) is 12.2 Å². The molecule has 2 N–H and O–H groups in total. The number of carbonyl (C=O) groups is 3. The lowest BCUT2D eigenvalue weighted by atomic mass is 10.00. The molecule has 0 saturated heterocycles. The van der Waals surface area contributed by atoms with Gasteiger partial charge < -0.3 is 19.3 Å². The van der Waals surface area contributed by atoms with Crippen LogP contribution in [0.3, 0.4) is 0 Å². The smallest absolute Gasteiger partial charge is 0.462 e. The Hall–Kier alpha value is -1.80. The molecule has 0 radical (unpaired) electrons. The Morgan fingerprint density at radius 2 is 1.32 bits per heavy atom. The van der Waals surface area contributed by atoms with Crippen LogP contribution in [-0.4, -0.2) is 46.8 Å². The van der Waals surface area contributed by atoms with Crippen molar-refractivity contribution in [1.29, 1.82) is 0 Å². The van der Waals surface area contributed by atoms with Gasteiger partial charge >= 0.3 is 19.8 Å². The second kappa shape index (κ2) is 28.7. The fourth-order valence-corrected chi connectivity index (χ4v) is 4.87. The molecular formula is C34H61O9P. The molecule has 0 amide bonds. The first kappa shape index (κ1) is 42.2. The first-order valence-electron chi connectivity index (χ1n) is 17.0. The Bertz CT molecular complexity index is 850. The van der Waals surface area contributed by atoms with E-state index in [4.69, 9.17) is 19.3 Å². The highest BCUT2D eigenvalue weighted by molar-refractivity contribution is 7.46. The molecule has 10 heteroatoms. The fourth-order valence-electron chi connectivity index (χ4n) is 4.50. The van der Waals surface area contributed by atoms with Crippen molar-refractivity contribution in [2.75, 3.05) is 13.2 Å². The molecule has 0 rings (SSSR count). The Labute approximate surface area is 266 Å². The molecule has 0 spiro atoms. The second-order valence-electron chi connectivity index (χ2n) is 11.8. The molecule has 0 aliphatic heterocycles. The van der Waals surface area contributed by atoms with Gasteiger partial charge in [0.1, 0.15) is 6.61 Å². The zero-order valence-electron chi connectivity index (χ0n) is 27.7. The first-order valence-corrected chi connectivity index (χ1v) is 18.5. The SMILES string of the molecule is CCCCC/C=C\C=C\C(=O)CCCCCCCC(=O)O[C@H](COC(=O)CCCCCCCCC(C)CC)COP(=O)(O)O. The third-order valence-corrected chi connectivity index (χ3v) is 7.97. The minimum atomic E-state index is -4.77. The minimum absolute atomic E-state index is 0.110. The Morgan fingerprint density at radius 1 is 0.727 bits per heavy atom. The molecule has 9 nitrogen and oxygen atoms in total. The van der Waals surface area contributed by atoms with Crippen molar-refractivity contribution in [3.8, 4) is 0 Å². The highest BCUT2D eigenvalue weighted by Crippen LogP contribution is 2.36. The average Bonchev–Trinajstić information content (AvgIpc) is 2.98. The lowest BCUT2D eigenvalue weighted by molar-refractivity contribution is -0.161. The van der Waals surface area contributed by atoms with Crippen molar-refractivity contribution in [3.63, 3.8) is 0 Å². The van der Waals surface area contributed by atoms with Crippen LogP contribution in [0.25, 0.3) is 0 Å². The number of allylic oxidation sites excluding steroid dienone is 4. The zero-order chi connectivity index (χ0) is 32.9. The van der Waals surface area contributed by atoms with Gasteiger partial charge in [-0.05, 0) is 44.1 Å². The lowest BCUT2D eigenvalue weighted by Crippen LogP contribution is -2.29. The van der Waals surface area contributed by atoms with Gasteiger partial charge in [0.25, 0.3) is 0 Å². The van der Waals surface area contributed by atoms with Crippen molar-refractivity contribution in [2.24, 2.45) is 5.92 Å². The number of ether oxygens (including phenoxy) is 2. The Kier molecular flexibility index (Phi) is 27.5. The van der Waals surface area contributed by atoms with Crippen LogP contribution in [0.2, 0.25) is 0 Å². The molecule has 44 heavy (non-hydrogen) atoms. The molecule has 0 heterocycles. The summed E-state index contributed by atoms with van der Waals surface area (Å²) in [5.41, 5.74) is 0. The number of rotatable bonds is 30. The van der Waals surface area contributed by atoms with E-state index in [-0.39, 0.29) is 25.2 Å². The third kappa shape index (κ3) is 30.2. The number of unbranched alkanes of at least 4 members (excludes halogenated alkanes) is 12. The van der Waals surface area contributed by atoms with E-state index in [1.807, 2.05) is 6.08 Å². The van der Waals surface area contributed by atoms with Gasteiger partial charge in [0.15, 0.2) is 11.9 Å². The molecule has 0 saturated carbocycles. The summed E-state index contributed by atoms with van der Waals surface area (Å²) >= 11 is 0. The van der Waals surface area contributed by atoms with Gasteiger partial charge in [0, 0.05) is 19.3 Å². The first-order chi connectivity index (χ1) is 21.1. The van der Waals surface area contributed by atoms with E-state index in [2.05, 4.69) is 31.4 Å². The summed E-state index contributed by atoms with van der Waals surface area (Å²) in [7, 11) is -4.77. The van der Waals surface area contributed by atoms with E-state index in [0.29, 0.717) is 19.3 Å². The largest absolute Gasteiger partial charge is 0.469 e. The standard InChI is InChI=1S/C34H61O9P/c1-4-6-7-8-9-14-19-24-31(35)25-20-15-12-17-22-27-34(37)43-32(29-42-44(38,39)40)28-41-33(36)26-21-16-11-10-13-18-23-30(3)5-2/h9,14,19,24,30,32H,4-8,10-13,15-18,20-23,25-29H2,1-3H3,(H2,38,39,40)/b14-9-,24-19+/t30?,32-/m1/s1. The predicted octanol–water partition coefficient (Wildman–Crippen LogP) is 8.71. The van der Waals surface area contributed by atoms with Crippen molar-refractivity contribution < 1.29 is 42.7 Å². The van der Waals surface area contributed by atoms with Crippen LogP contribution in [0, 0.1) is 5.92 Å². The van der Waals surface area contributed by atoms with E-state index in [1.165, 1.54) is 44.9 Å². The van der Waals surface area contributed by atoms with E-state index >= 15 is 0 Å². The van der Waals surface area contributed by atoms with Gasteiger partial charge in [0.2, 0.25) is 0 Å². The molecule has 0 aliphatic carbocycles. The Balaban J connectivity index is 4.14. The number of phosphoric ester groups is 1. The molecule has 2 atom stereocenters. The highest BCUT2D eigenvalue weighted by Gasteiger charge is 2.22. The van der Waals surface area contributed by atoms with E-state index in [9.17, 15) is 18.9 Å². The zero-order valence-corrected chi connectivity index (χ0v) is 28.6. The number of ketones is 1. The average molecular weight is 645 g/mol. The molecule has 0 aromatic heterocycles. The summed E-state index contributed by atoms with van der Waals surface area (Å²) in [6.45, 7) is 5.77. The maximum atomic E-state index is 12.3. The number of hydrogen-bond acceptors (Lipinski definition) is 7. The van der Waals surface area contributed by atoms with Crippen LogP contribution in [0.4, 0.5) is 0 Å². The Morgan fingerprint density at radius 3 is 1.93 bits per heavy atom. The van der Waals surface area contributed by atoms with Gasteiger partial charge in [0.05, 0.1) is 6.61 Å². The maximum absolute atomic E-state index is 12.3. The van der Waals surface area contributed by atoms with Gasteiger partial charge in [-0.25, -0.2) is 4.57 Å². The molecule has 1 unspecified atom stereocenters. The number of phosphoric acid groups is 1. The molecule has 0 aromatic rings. The van der Waals surface area contributed by atoms with Crippen LogP contribution < -0.4 is 0 Å². The monoisotopic (exact) mass is 644 g/mol. The van der Waals surface area contributed by atoms with Crippen LogP contribution >= 0.6 is 7.82 Å². The van der Waals surface area contributed by atoms with Crippen molar-refractivity contribution in [1.82, 2.24) is 0 Å². The van der Waals surface area contributed by atoms with Crippen molar-refractivity contribution >= 4 is 25.5 Å². The van der Waals surface area contributed by atoms with Crippen LogP contribution in [-0.2, 0) is 32.9 Å². The molecular weight excluding hydrogens is 583 g/mol. The van der Waals surface area contributed by atoms with Crippen molar-refractivity contribution in [2.45, 2.75) is 155 Å². The third-order valence-electron chi connectivity index (χ3n) is 7.49. The normalized spacial score (nSPS) is 13.4. The molecule has 256 valence electrons. The topological polar surface area (TPSA) is 136 Å². The second-order valence-corrected chi connectivity index (χ2v) is 13.0. The van der Waals surface area contributed by atoms with Crippen LogP contribution in [0.15, 0.2) is 24.3 Å². The predicted molar refractivity (Wildman–Crippen MR) is 175 cm³/mol. The molecule has 0 aliphatic rings. The van der Waals surface area contributed by atoms with Gasteiger partial charge in [-0.1, -0.05) is 116 Å². The fraction of sp³-hybridized carbons (Fsp3) is 0.794. The highest BCUT2D eigenvalue weighted by atomic mass is 31.2. The summed E-state index contributed by atoms with van der Waals surface area (Å²) in [4.78, 5) is 54.4. The van der Waals surface area contributed by atoms with E-state index < -0.39 is 32.5 Å². The van der Waals surface area contributed by atoms with Gasteiger partial charge in [-0.15, -0.1) is 0 Å². The minimum Gasteiger partial charge on any atom is -0.462 e. The summed E-state index contributed by atoms with van der Waals surface area (Å²) in [6, 6.07) is 0. The van der Waals surface area contributed by atoms with Crippen LogP contribution in [0.1, 0.15) is 149 Å². The van der Waals surface area contributed by atoms with Crippen LogP contribution in [0.5, 0.6) is 0 Å². The maximum Gasteiger partial charge on any atom is 0.469 e. The quantitative estimate of drug-likeness (QED) is 0.0259. The lowest BCUT2D eigenvalue weighted by Gasteiger charge is -2.18. The number of hydrogen-bond donors (Lipinski definition) is 2. The van der Waals surface area contributed by atoms with Gasteiger partial charge in [-0.2, -0.15) is 0 Å². The summed E-state index contributed by atoms with van der Waals surface area (Å²) < 4.78 is 26.1. The summed E-state index contributed by atoms with van der Waals surface area (Å²) in [5.74, 6) is -0.0953. The molecule has 0 bridgehead atoms. The summed E-state index contributed by atoms with van der Waals surface area (Å²) in [6.07, 6.45) is 24.5. The van der Waals surface area contributed by atoms with E-state index in [0.717, 1.165) is 57.3 Å². The molecule has 0 aromatic carbocycles. The summed E-state index contributed by atoms with van der Waals surface area (Å²) in [5, 5.41) is 0. The number of esters is 2. The van der Waals surface area contributed by atoms with Gasteiger partial charge in [-0.3, -0.25) is 18.9 Å². The van der Waals surface area contributed by atoms with Crippen molar-refractivity contribution in [3.05, 3.63) is 24.3 Å².